The Balaban J connectivity index is 2.13. The van der Waals surface area contributed by atoms with Gasteiger partial charge >= 0.3 is 0 Å². The minimum atomic E-state index is -2.89. The van der Waals surface area contributed by atoms with Crippen molar-refractivity contribution in [2.75, 3.05) is 18.6 Å². The third kappa shape index (κ3) is 3.35. The van der Waals surface area contributed by atoms with Gasteiger partial charge in [-0.25, -0.2) is 8.42 Å². The van der Waals surface area contributed by atoms with E-state index in [1.165, 1.54) is 0 Å². The fraction of sp³-hybridized carbons (Fsp3) is 0.500. The lowest BCUT2D eigenvalue weighted by Crippen LogP contribution is -2.27. The summed E-state index contributed by atoms with van der Waals surface area (Å²) < 4.78 is 27.9. The summed E-state index contributed by atoms with van der Waals surface area (Å²) in [5, 5.41) is 0. The van der Waals surface area contributed by atoms with E-state index < -0.39 is 9.84 Å². The summed E-state index contributed by atoms with van der Waals surface area (Å²) in [5.41, 5.74) is 0.931. The summed E-state index contributed by atoms with van der Waals surface area (Å²) in [7, 11) is -1.29. The normalized spacial score (nSPS) is 20.7. The highest BCUT2D eigenvalue weighted by Crippen LogP contribution is 2.32. The van der Waals surface area contributed by atoms with Gasteiger partial charge in [0.25, 0.3) is 0 Å². The molecule has 0 N–H and O–H groups in total. The van der Waals surface area contributed by atoms with Crippen molar-refractivity contribution >= 4 is 16.1 Å². The first-order valence-electron chi connectivity index (χ1n) is 6.35. The highest BCUT2D eigenvalue weighted by molar-refractivity contribution is 7.91. The monoisotopic (exact) mass is 282 g/mol. The quantitative estimate of drug-likeness (QED) is 0.790. The van der Waals surface area contributed by atoms with Crippen LogP contribution in [0.4, 0.5) is 0 Å². The molecule has 1 unspecified atom stereocenters. The van der Waals surface area contributed by atoms with Crippen LogP contribution in [0.2, 0.25) is 0 Å². The van der Waals surface area contributed by atoms with Gasteiger partial charge in [0.15, 0.2) is 0 Å². The number of hydrogen-bond donors (Lipinski definition) is 0. The summed E-state index contributed by atoms with van der Waals surface area (Å²) >= 11 is 0. The van der Waals surface area contributed by atoms with Gasteiger partial charge in [-0.3, -0.25) is 0 Å². The molecule has 1 aliphatic rings. The highest BCUT2D eigenvalue weighted by atomic mass is 32.2. The zero-order chi connectivity index (χ0) is 13.9. The minimum Gasteiger partial charge on any atom is -0.497 e. The Kier molecular flexibility index (Phi) is 4.24. The van der Waals surface area contributed by atoms with E-state index in [1.54, 1.807) is 7.11 Å². The van der Waals surface area contributed by atoms with Gasteiger partial charge in [-0.1, -0.05) is 12.1 Å². The van der Waals surface area contributed by atoms with Crippen molar-refractivity contribution in [1.82, 2.24) is 0 Å². The fourth-order valence-electron chi connectivity index (χ4n) is 2.56. The first kappa shape index (κ1) is 14.1. The molecule has 104 valence electrons. The second kappa shape index (κ2) is 5.74. The third-order valence-electron chi connectivity index (χ3n) is 3.75. The number of carbonyl (C=O) groups is 1. The Bertz CT molecular complexity index is 519. The third-order valence-corrected chi connectivity index (χ3v) is 5.47. The molecule has 4 nitrogen and oxygen atoms in total. The average Bonchev–Trinajstić information content (AvgIpc) is 2.42. The average molecular weight is 282 g/mol. The molecule has 1 fully saturated rings. The Hall–Kier alpha value is -1.36. The van der Waals surface area contributed by atoms with Gasteiger partial charge in [0.1, 0.15) is 21.9 Å². The van der Waals surface area contributed by atoms with Crippen molar-refractivity contribution in [3.63, 3.8) is 0 Å². The molecule has 5 heteroatoms. The van der Waals surface area contributed by atoms with E-state index in [0.717, 1.165) is 17.6 Å². The van der Waals surface area contributed by atoms with Crippen molar-refractivity contribution in [2.24, 2.45) is 5.92 Å². The highest BCUT2D eigenvalue weighted by Gasteiger charge is 2.30. The summed E-state index contributed by atoms with van der Waals surface area (Å²) in [6.07, 6.45) is 2.07. The largest absolute Gasteiger partial charge is 0.497 e. The van der Waals surface area contributed by atoms with E-state index in [0.29, 0.717) is 12.8 Å². The SMILES string of the molecule is COc1ccc(C(C=O)C2CCS(=O)(=O)CC2)cc1. The Morgan fingerprint density at radius 1 is 1.21 bits per heavy atom. The topological polar surface area (TPSA) is 60.4 Å². The van der Waals surface area contributed by atoms with Crippen molar-refractivity contribution in [3.8, 4) is 5.75 Å². The summed E-state index contributed by atoms with van der Waals surface area (Å²) in [4.78, 5) is 11.3. The number of ether oxygens (including phenoxy) is 1. The lowest BCUT2D eigenvalue weighted by Gasteiger charge is -2.27. The van der Waals surface area contributed by atoms with Gasteiger partial charge in [0.05, 0.1) is 18.6 Å². The molecule has 2 rings (SSSR count). The molecule has 1 aromatic carbocycles. The molecule has 19 heavy (non-hydrogen) atoms. The van der Waals surface area contributed by atoms with Crippen LogP contribution in [0.5, 0.6) is 5.75 Å². The standard InChI is InChI=1S/C14H18O4S/c1-18-13-4-2-11(3-5-13)14(10-15)12-6-8-19(16,17)9-7-12/h2-5,10,12,14H,6-9H2,1H3. The summed E-state index contributed by atoms with van der Waals surface area (Å²) in [6.45, 7) is 0. The molecule has 0 aromatic heterocycles. The van der Waals surface area contributed by atoms with Crippen LogP contribution in [0.15, 0.2) is 24.3 Å². The van der Waals surface area contributed by atoms with Crippen molar-refractivity contribution in [2.45, 2.75) is 18.8 Å². The first-order valence-corrected chi connectivity index (χ1v) is 8.17. The van der Waals surface area contributed by atoms with Crippen LogP contribution in [0.3, 0.4) is 0 Å². The second-order valence-electron chi connectivity index (χ2n) is 4.92. The van der Waals surface area contributed by atoms with E-state index in [1.807, 2.05) is 24.3 Å². The van der Waals surface area contributed by atoms with Crippen LogP contribution < -0.4 is 4.74 Å². The fourth-order valence-corrected chi connectivity index (χ4v) is 4.08. The zero-order valence-electron chi connectivity index (χ0n) is 10.9. The predicted octanol–water partition coefficient (Wildman–Crippen LogP) is 1.80. The molecular formula is C14H18O4S. The summed E-state index contributed by atoms with van der Waals surface area (Å²) in [5.74, 6) is 1.03. The van der Waals surface area contributed by atoms with E-state index in [9.17, 15) is 13.2 Å². The van der Waals surface area contributed by atoms with Gasteiger partial charge in [0.2, 0.25) is 0 Å². The van der Waals surface area contributed by atoms with Gasteiger partial charge in [-0.05, 0) is 36.5 Å². The Morgan fingerprint density at radius 2 is 1.79 bits per heavy atom. The molecule has 1 saturated heterocycles. The maximum absolute atomic E-state index is 11.4. The van der Waals surface area contributed by atoms with Gasteiger partial charge in [-0.2, -0.15) is 0 Å². The van der Waals surface area contributed by atoms with Crippen molar-refractivity contribution in [3.05, 3.63) is 29.8 Å². The predicted molar refractivity (Wildman–Crippen MR) is 73.2 cm³/mol. The molecule has 0 bridgehead atoms. The van der Waals surface area contributed by atoms with Gasteiger partial charge < -0.3 is 9.53 Å². The van der Waals surface area contributed by atoms with E-state index in [4.69, 9.17) is 4.74 Å². The molecule has 1 aromatic rings. The number of sulfone groups is 1. The second-order valence-corrected chi connectivity index (χ2v) is 7.23. The zero-order valence-corrected chi connectivity index (χ0v) is 11.7. The number of benzene rings is 1. The lowest BCUT2D eigenvalue weighted by atomic mass is 9.83. The van der Waals surface area contributed by atoms with Crippen molar-refractivity contribution in [1.29, 1.82) is 0 Å². The molecule has 0 saturated carbocycles. The van der Waals surface area contributed by atoms with E-state index in [2.05, 4.69) is 0 Å². The maximum Gasteiger partial charge on any atom is 0.150 e. The lowest BCUT2D eigenvalue weighted by molar-refractivity contribution is -0.110. The molecule has 1 aliphatic heterocycles. The van der Waals surface area contributed by atoms with Crippen LogP contribution in [-0.4, -0.2) is 33.3 Å². The Morgan fingerprint density at radius 3 is 2.26 bits per heavy atom. The van der Waals surface area contributed by atoms with Crippen LogP contribution in [0, 0.1) is 5.92 Å². The first-order chi connectivity index (χ1) is 9.05. The minimum absolute atomic E-state index is 0.120. The number of hydrogen-bond acceptors (Lipinski definition) is 4. The van der Waals surface area contributed by atoms with Gasteiger partial charge in [0, 0.05) is 5.92 Å². The van der Waals surface area contributed by atoms with Gasteiger partial charge in [-0.15, -0.1) is 0 Å². The van der Waals surface area contributed by atoms with Crippen LogP contribution >= 0.6 is 0 Å². The number of rotatable bonds is 4. The molecule has 1 atom stereocenters. The summed E-state index contributed by atoms with van der Waals surface area (Å²) in [6, 6.07) is 7.40. The maximum atomic E-state index is 11.4. The van der Waals surface area contributed by atoms with Crippen LogP contribution in [0.25, 0.3) is 0 Å². The number of aldehydes is 1. The molecule has 1 heterocycles. The molecular weight excluding hydrogens is 264 g/mol. The smallest absolute Gasteiger partial charge is 0.150 e. The van der Waals surface area contributed by atoms with Crippen LogP contribution in [0.1, 0.15) is 24.3 Å². The molecule has 0 spiro atoms. The van der Waals surface area contributed by atoms with Crippen molar-refractivity contribution < 1.29 is 17.9 Å². The number of carbonyl (C=O) groups excluding carboxylic acids is 1. The Labute approximate surface area is 113 Å². The molecule has 0 aliphatic carbocycles. The van der Waals surface area contributed by atoms with E-state index in [-0.39, 0.29) is 23.3 Å². The number of methoxy groups -OCH3 is 1. The molecule has 0 amide bonds. The van der Waals surface area contributed by atoms with Crippen LogP contribution in [-0.2, 0) is 14.6 Å². The van der Waals surface area contributed by atoms with E-state index >= 15 is 0 Å². The molecule has 0 radical (unpaired) electrons.